The van der Waals surface area contributed by atoms with E-state index in [0.717, 1.165) is 37.8 Å². The van der Waals surface area contributed by atoms with Crippen LogP contribution in [0.2, 0.25) is 5.02 Å². The molecule has 0 bridgehead atoms. The molecule has 1 saturated heterocycles. The standard InChI is InChI=1S/C26H23ClF2N4O3S2/c1-16-4-6-20(27)24-23(16)31-26(37-24)33(15-17-3-2-10-30-14-17)25(34)18-8-11-32(12-9-18)38(35,36)22-13-19(28)5-7-21(22)29/h2-7,10,13-14,18H,8-9,11-12,15H2,1H3. The number of hydrogen-bond donors (Lipinski definition) is 0. The number of thiazole rings is 1. The van der Waals surface area contributed by atoms with Gasteiger partial charge in [0.05, 0.1) is 21.8 Å². The maximum Gasteiger partial charge on any atom is 0.246 e. The molecule has 198 valence electrons. The van der Waals surface area contributed by atoms with Gasteiger partial charge >= 0.3 is 0 Å². The minimum absolute atomic E-state index is 0.000205. The van der Waals surface area contributed by atoms with Crippen LogP contribution in [-0.4, -0.2) is 41.7 Å². The monoisotopic (exact) mass is 576 g/mol. The zero-order valence-electron chi connectivity index (χ0n) is 20.3. The summed E-state index contributed by atoms with van der Waals surface area (Å²) in [4.78, 5) is 23.6. The molecule has 2 aromatic carbocycles. The maximum atomic E-state index is 14.2. The molecule has 0 N–H and O–H groups in total. The number of benzene rings is 2. The molecule has 0 atom stereocenters. The highest BCUT2D eigenvalue weighted by Gasteiger charge is 2.36. The van der Waals surface area contributed by atoms with Gasteiger partial charge in [0.1, 0.15) is 16.5 Å². The first-order chi connectivity index (χ1) is 18.1. The Labute approximate surface area is 227 Å². The van der Waals surface area contributed by atoms with E-state index in [1.54, 1.807) is 29.4 Å². The molecule has 5 rings (SSSR count). The van der Waals surface area contributed by atoms with Crippen molar-refractivity contribution in [3.8, 4) is 0 Å². The number of amides is 1. The minimum Gasteiger partial charge on any atom is -0.283 e. The van der Waals surface area contributed by atoms with Crippen LogP contribution in [0.5, 0.6) is 0 Å². The van der Waals surface area contributed by atoms with Gasteiger partial charge in [-0.3, -0.25) is 14.7 Å². The molecular weight excluding hydrogens is 554 g/mol. The number of carbonyl (C=O) groups excluding carboxylic acids is 1. The molecule has 0 aliphatic carbocycles. The highest BCUT2D eigenvalue weighted by atomic mass is 35.5. The number of fused-ring (bicyclic) bond motifs is 1. The third-order valence-corrected chi connectivity index (χ3v) is 10.0. The van der Waals surface area contributed by atoms with Gasteiger partial charge in [0.25, 0.3) is 0 Å². The van der Waals surface area contributed by atoms with Gasteiger partial charge in [-0.25, -0.2) is 22.2 Å². The van der Waals surface area contributed by atoms with Gasteiger partial charge in [-0.1, -0.05) is 35.1 Å². The lowest BCUT2D eigenvalue weighted by Gasteiger charge is -2.33. The predicted molar refractivity (Wildman–Crippen MR) is 143 cm³/mol. The second-order valence-electron chi connectivity index (χ2n) is 9.08. The number of aryl methyl sites for hydroxylation is 1. The van der Waals surface area contributed by atoms with Gasteiger partial charge in [0.15, 0.2) is 5.13 Å². The third-order valence-electron chi connectivity index (χ3n) is 6.56. The molecule has 1 aliphatic heterocycles. The van der Waals surface area contributed by atoms with Crippen molar-refractivity contribution in [2.75, 3.05) is 18.0 Å². The molecule has 3 heterocycles. The molecule has 12 heteroatoms. The van der Waals surface area contributed by atoms with E-state index >= 15 is 0 Å². The average molecular weight is 577 g/mol. The fraction of sp³-hybridized carbons (Fsp3) is 0.269. The van der Waals surface area contributed by atoms with Gasteiger partial charge in [-0.2, -0.15) is 4.31 Å². The van der Waals surface area contributed by atoms with Crippen LogP contribution >= 0.6 is 22.9 Å². The van der Waals surface area contributed by atoms with Crippen molar-refractivity contribution in [3.05, 3.63) is 82.6 Å². The van der Waals surface area contributed by atoms with E-state index in [9.17, 15) is 22.0 Å². The van der Waals surface area contributed by atoms with E-state index in [1.807, 2.05) is 19.1 Å². The number of piperidine rings is 1. The largest absolute Gasteiger partial charge is 0.283 e. The van der Waals surface area contributed by atoms with Crippen molar-refractivity contribution in [3.63, 3.8) is 0 Å². The van der Waals surface area contributed by atoms with E-state index in [-0.39, 0.29) is 38.4 Å². The van der Waals surface area contributed by atoms with Crippen LogP contribution in [-0.2, 0) is 21.4 Å². The lowest BCUT2D eigenvalue weighted by Crippen LogP contribution is -2.44. The number of nitrogens with zero attached hydrogens (tertiary/aromatic N) is 4. The lowest BCUT2D eigenvalue weighted by atomic mass is 9.96. The molecule has 0 spiro atoms. The number of carbonyl (C=O) groups is 1. The Balaban J connectivity index is 1.40. The normalized spacial score (nSPS) is 15.2. The molecule has 1 aliphatic rings. The maximum absolute atomic E-state index is 14.2. The van der Waals surface area contributed by atoms with E-state index < -0.39 is 32.5 Å². The molecule has 2 aromatic heterocycles. The van der Waals surface area contributed by atoms with Crippen LogP contribution in [0.15, 0.2) is 59.8 Å². The number of hydrogen-bond acceptors (Lipinski definition) is 6. The summed E-state index contributed by atoms with van der Waals surface area (Å²) in [6.07, 6.45) is 3.77. The Bertz CT molecular complexity index is 1570. The summed E-state index contributed by atoms with van der Waals surface area (Å²) in [5, 5.41) is 1.04. The third kappa shape index (κ3) is 5.15. The number of rotatable bonds is 6. The van der Waals surface area contributed by atoms with Gasteiger partial charge < -0.3 is 0 Å². The van der Waals surface area contributed by atoms with Crippen LogP contribution in [0, 0.1) is 24.5 Å². The zero-order chi connectivity index (χ0) is 27.0. The second kappa shape index (κ2) is 10.6. The minimum atomic E-state index is -4.25. The van der Waals surface area contributed by atoms with Crippen molar-refractivity contribution >= 4 is 54.2 Å². The van der Waals surface area contributed by atoms with Crippen LogP contribution in [0.25, 0.3) is 10.2 Å². The van der Waals surface area contributed by atoms with E-state index in [1.165, 1.54) is 11.3 Å². The summed E-state index contributed by atoms with van der Waals surface area (Å²) in [7, 11) is -4.25. The molecule has 7 nitrogen and oxygen atoms in total. The number of aromatic nitrogens is 2. The Morgan fingerprint density at radius 2 is 1.95 bits per heavy atom. The molecule has 0 saturated carbocycles. The molecule has 0 unspecified atom stereocenters. The van der Waals surface area contributed by atoms with Gasteiger partial charge in [0.2, 0.25) is 15.9 Å². The number of pyridine rings is 1. The fourth-order valence-electron chi connectivity index (χ4n) is 4.50. The van der Waals surface area contributed by atoms with E-state index in [2.05, 4.69) is 4.98 Å². The lowest BCUT2D eigenvalue weighted by molar-refractivity contribution is -0.123. The number of sulfonamides is 1. The van der Waals surface area contributed by atoms with Crippen LogP contribution in [0.1, 0.15) is 24.0 Å². The summed E-state index contributed by atoms with van der Waals surface area (Å²) in [6, 6.07) is 9.66. The van der Waals surface area contributed by atoms with Crippen LogP contribution < -0.4 is 4.90 Å². The van der Waals surface area contributed by atoms with Gasteiger partial charge in [0, 0.05) is 31.4 Å². The summed E-state index contributed by atoms with van der Waals surface area (Å²) >= 11 is 7.73. The Morgan fingerprint density at radius 3 is 2.63 bits per heavy atom. The molecule has 1 amide bonds. The smallest absolute Gasteiger partial charge is 0.246 e. The SMILES string of the molecule is Cc1ccc(Cl)c2sc(N(Cc3cccnc3)C(=O)C3CCN(S(=O)(=O)c4cc(F)ccc4F)CC3)nc12. The van der Waals surface area contributed by atoms with Gasteiger partial charge in [-0.15, -0.1) is 0 Å². The summed E-state index contributed by atoms with van der Waals surface area (Å²) in [6.45, 7) is 2.16. The Morgan fingerprint density at radius 1 is 1.18 bits per heavy atom. The van der Waals surface area contributed by atoms with Crippen molar-refractivity contribution in [1.82, 2.24) is 14.3 Å². The quantitative estimate of drug-likeness (QED) is 0.300. The number of anilines is 1. The fourth-order valence-corrected chi connectivity index (χ4v) is 7.36. The van der Waals surface area contributed by atoms with Crippen molar-refractivity contribution in [2.45, 2.75) is 31.2 Å². The average Bonchev–Trinajstić information content (AvgIpc) is 3.38. The van der Waals surface area contributed by atoms with Crippen molar-refractivity contribution in [2.24, 2.45) is 5.92 Å². The molecule has 1 fully saturated rings. The Kier molecular flexibility index (Phi) is 7.45. The van der Waals surface area contributed by atoms with Gasteiger partial charge in [-0.05, 0) is 61.2 Å². The molecular formula is C26H23ClF2N4O3S2. The summed E-state index contributed by atoms with van der Waals surface area (Å²) < 4.78 is 55.7. The summed E-state index contributed by atoms with van der Waals surface area (Å²) in [5.41, 5.74) is 2.47. The second-order valence-corrected chi connectivity index (χ2v) is 12.4. The van der Waals surface area contributed by atoms with Crippen LogP contribution in [0.3, 0.4) is 0 Å². The van der Waals surface area contributed by atoms with Crippen molar-refractivity contribution < 1.29 is 22.0 Å². The number of halogens is 3. The first-order valence-electron chi connectivity index (χ1n) is 11.9. The van der Waals surface area contributed by atoms with Crippen molar-refractivity contribution in [1.29, 1.82) is 0 Å². The highest BCUT2D eigenvalue weighted by Crippen LogP contribution is 2.37. The highest BCUT2D eigenvalue weighted by molar-refractivity contribution is 7.89. The predicted octanol–water partition coefficient (Wildman–Crippen LogP) is 5.57. The topological polar surface area (TPSA) is 83.5 Å². The van der Waals surface area contributed by atoms with E-state index in [4.69, 9.17) is 16.6 Å². The summed E-state index contributed by atoms with van der Waals surface area (Å²) in [5.74, 6) is -2.54. The first-order valence-corrected chi connectivity index (χ1v) is 14.5. The zero-order valence-corrected chi connectivity index (χ0v) is 22.7. The van der Waals surface area contributed by atoms with Crippen LogP contribution in [0.4, 0.5) is 13.9 Å². The van der Waals surface area contributed by atoms with E-state index in [0.29, 0.717) is 16.2 Å². The Hall–Kier alpha value is -2.99. The molecule has 0 radical (unpaired) electrons. The molecule has 38 heavy (non-hydrogen) atoms. The first kappa shape index (κ1) is 26.6. The molecule has 4 aromatic rings.